The van der Waals surface area contributed by atoms with Crippen LogP contribution in [-0.4, -0.2) is 11.1 Å². The zero-order chi connectivity index (χ0) is 16.7. The Morgan fingerprint density at radius 2 is 1.81 bits per heavy atom. The molecule has 2 heteroatoms. The van der Waals surface area contributed by atoms with E-state index >= 15 is 0 Å². The van der Waals surface area contributed by atoms with Gasteiger partial charge in [-0.3, -0.25) is 4.79 Å². The lowest BCUT2D eigenvalue weighted by Crippen LogP contribution is -2.04. The third-order valence-corrected chi connectivity index (χ3v) is 3.52. The predicted octanol–water partition coefficient (Wildman–Crippen LogP) is 6.46. The van der Waals surface area contributed by atoms with Gasteiger partial charge in [-0.15, -0.1) is 0 Å². The zero-order valence-corrected chi connectivity index (χ0v) is 15.2. The molecule has 21 heavy (non-hydrogen) atoms. The van der Waals surface area contributed by atoms with Crippen LogP contribution in [0.5, 0.6) is 0 Å². The molecule has 2 nitrogen and oxygen atoms in total. The Bertz CT molecular complexity index is 267. The summed E-state index contributed by atoms with van der Waals surface area (Å²) >= 11 is 0. The fourth-order valence-corrected chi connectivity index (χ4v) is 2.27. The fourth-order valence-electron chi connectivity index (χ4n) is 2.27. The van der Waals surface area contributed by atoms with Crippen molar-refractivity contribution in [2.45, 2.75) is 92.9 Å². The van der Waals surface area contributed by atoms with Gasteiger partial charge in [-0.25, -0.2) is 0 Å². The van der Waals surface area contributed by atoms with E-state index < -0.39 is 5.97 Å². The molecule has 0 radical (unpaired) electrons. The van der Waals surface area contributed by atoms with Gasteiger partial charge in [0.25, 0.3) is 0 Å². The maximum atomic E-state index is 10.3. The highest BCUT2D eigenvalue weighted by Gasteiger charge is 2.07. The molecular formula is C19H38O2. The van der Waals surface area contributed by atoms with Crippen molar-refractivity contribution < 1.29 is 9.90 Å². The fraction of sp³-hybridized carbons (Fsp3) is 0.842. The first-order chi connectivity index (χ1) is 9.91. The summed E-state index contributed by atoms with van der Waals surface area (Å²) in [6.07, 6.45) is 11.6. The summed E-state index contributed by atoms with van der Waals surface area (Å²) in [5, 5.41) is 8.49. The van der Waals surface area contributed by atoms with Gasteiger partial charge in [0.2, 0.25) is 0 Å². The van der Waals surface area contributed by atoms with Gasteiger partial charge in [0, 0.05) is 6.42 Å². The van der Waals surface area contributed by atoms with Gasteiger partial charge >= 0.3 is 5.97 Å². The molecule has 0 heterocycles. The highest BCUT2D eigenvalue weighted by Crippen LogP contribution is 2.15. The molecule has 0 saturated heterocycles. The van der Waals surface area contributed by atoms with Crippen molar-refractivity contribution in [1.82, 2.24) is 0 Å². The van der Waals surface area contributed by atoms with Crippen LogP contribution in [0.25, 0.3) is 0 Å². The molecule has 1 N–H and O–H groups in total. The summed E-state index contributed by atoms with van der Waals surface area (Å²) in [6, 6.07) is 0. The molecule has 1 aliphatic carbocycles. The van der Waals surface area contributed by atoms with Crippen molar-refractivity contribution in [2.24, 2.45) is 11.8 Å². The van der Waals surface area contributed by atoms with Crippen LogP contribution in [0, 0.1) is 11.8 Å². The van der Waals surface area contributed by atoms with E-state index in [0.29, 0.717) is 12.3 Å². The van der Waals surface area contributed by atoms with E-state index in [-0.39, 0.29) is 0 Å². The zero-order valence-electron chi connectivity index (χ0n) is 15.2. The number of allylic oxidation sites excluding steroid dienone is 2. The minimum absolute atomic E-state index is 0.318. The molecule has 0 aromatic rings. The molecule has 1 rings (SSSR count). The van der Waals surface area contributed by atoms with E-state index in [0.717, 1.165) is 18.8 Å². The third-order valence-electron chi connectivity index (χ3n) is 3.52. The molecule has 0 aromatic carbocycles. The number of carbonyl (C=O) groups is 1. The number of hydrogen-bond donors (Lipinski definition) is 1. The van der Waals surface area contributed by atoms with Crippen molar-refractivity contribution in [3.05, 3.63) is 11.6 Å². The molecule has 0 saturated carbocycles. The molecular weight excluding hydrogens is 260 g/mol. The number of hydrogen-bond acceptors (Lipinski definition) is 1. The van der Waals surface area contributed by atoms with Crippen LogP contribution in [0.15, 0.2) is 11.6 Å². The van der Waals surface area contributed by atoms with Crippen molar-refractivity contribution in [3.8, 4) is 0 Å². The SMILES string of the molecule is CC.CC(C)CCCC(C)CC(=O)O.CC1=CCCCC1. The van der Waals surface area contributed by atoms with Crippen LogP contribution in [0.1, 0.15) is 92.9 Å². The van der Waals surface area contributed by atoms with Crippen molar-refractivity contribution in [1.29, 1.82) is 0 Å². The molecule has 0 spiro atoms. The first kappa shape index (κ1) is 22.5. The second kappa shape index (κ2) is 15.6. The molecule has 0 amide bonds. The van der Waals surface area contributed by atoms with Crippen LogP contribution in [0.2, 0.25) is 0 Å². The Hall–Kier alpha value is -0.790. The maximum Gasteiger partial charge on any atom is 0.303 e. The average Bonchev–Trinajstić information content (AvgIpc) is 2.41. The second-order valence-electron chi connectivity index (χ2n) is 6.32. The number of aliphatic carboxylic acids is 1. The second-order valence-corrected chi connectivity index (χ2v) is 6.32. The molecule has 1 aliphatic rings. The quantitative estimate of drug-likeness (QED) is 0.571. The highest BCUT2D eigenvalue weighted by molar-refractivity contribution is 5.66. The summed E-state index contributed by atoms with van der Waals surface area (Å²) in [5.74, 6) is 0.398. The number of carboxylic acid groups (broad SMARTS) is 1. The first-order valence-electron chi connectivity index (χ1n) is 8.79. The largest absolute Gasteiger partial charge is 0.481 e. The van der Waals surface area contributed by atoms with Gasteiger partial charge in [0.1, 0.15) is 0 Å². The van der Waals surface area contributed by atoms with Crippen LogP contribution < -0.4 is 0 Å². The predicted molar refractivity (Wildman–Crippen MR) is 93.7 cm³/mol. The van der Waals surface area contributed by atoms with Gasteiger partial charge in [-0.05, 0) is 44.4 Å². The molecule has 0 aromatic heterocycles. The summed E-state index contributed by atoms with van der Waals surface area (Å²) < 4.78 is 0. The Morgan fingerprint density at radius 1 is 1.19 bits per heavy atom. The monoisotopic (exact) mass is 298 g/mol. The Morgan fingerprint density at radius 3 is 2.14 bits per heavy atom. The number of carboxylic acids is 1. The minimum atomic E-state index is -0.674. The summed E-state index contributed by atoms with van der Waals surface area (Å²) in [7, 11) is 0. The molecule has 1 atom stereocenters. The van der Waals surface area contributed by atoms with Gasteiger partial charge < -0.3 is 5.11 Å². The van der Waals surface area contributed by atoms with Crippen LogP contribution in [-0.2, 0) is 4.79 Å². The van der Waals surface area contributed by atoms with E-state index in [1.807, 2.05) is 20.8 Å². The lowest BCUT2D eigenvalue weighted by Gasteiger charge is -2.09. The molecule has 0 bridgehead atoms. The molecule has 1 unspecified atom stereocenters. The average molecular weight is 299 g/mol. The Balaban J connectivity index is 0. The topological polar surface area (TPSA) is 37.3 Å². The summed E-state index contributed by atoms with van der Waals surface area (Å²) in [6.45, 7) is 12.6. The van der Waals surface area contributed by atoms with Gasteiger partial charge in [0.05, 0.1) is 0 Å². The van der Waals surface area contributed by atoms with E-state index in [1.165, 1.54) is 32.1 Å². The molecule has 0 fully saturated rings. The molecule has 126 valence electrons. The van der Waals surface area contributed by atoms with Crippen molar-refractivity contribution in [2.75, 3.05) is 0 Å². The lowest BCUT2D eigenvalue weighted by molar-refractivity contribution is -0.138. The van der Waals surface area contributed by atoms with E-state index in [2.05, 4.69) is 26.8 Å². The van der Waals surface area contributed by atoms with Crippen LogP contribution >= 0.6 is 0 Å². The van der Waals surface area contributed by atoms with E-state index in [4.69, 9.17) is 5.11 Å². The molecule has 0 aliphatic heterocycles. The normalized spacial score (nSPS) is 15.1. The highest BCUT2D eigenvalue weighted by atomic mass is 16.4. The third kappa shape index (κ3) is 19.2. The summed E-state index contributed by atoms with van der Waals surface area (Å²) in [5.41, 5.74) is 1.59. The Kier molecular flexibility index (Phi) is 16.7. The van der Waals surface area contributed by atoms with Gasteiger partial charge in [-0.1, -0.05) is 65.5 Å². The minimum Gasteiger partial charge on any atom is -0.481 e. The van der Waals surface area contributed by atoms with E-state index in [9.17, 15) is 4.79 Å². The summed E-state index contributed by atoms with van der Waals surface area (Å²) in [4.78, 5) is 10.3. The maximum absolute atomic E-state index is 10.3. The van der Waals surface area contributed by atoms with Crippen molar-refractivity contribution in [3.63, 3.8) is 0 Å². The Labute approximate surface area is 133 Å². The van der Waals surface area contributed by atoms with Gasteiger partial charge in [0.15, 0.2) is 0 Å². The van der Waals surface area contributed by atoms with E-state index in [1.54, 1.807) is 5.57 Å². The van der Waals surface area contributed by atoms with Gasteiger partial charge in [-0.2, -0.15) is 0 Å². The van der Waals surface area contributed by atoms with Crippen LogP contribution in [0.3, 0.4) is 0 Å². The smallest absolute Gasteiger partial charge is 0.303 e. The number of rotatable bonds is 6. The lowest BCUT2D eigenvalue weighted by atomic mass is 9.97. The van der Waals surface area contributed by atoms with Crippen LogP contribution in [0.4, 0.5) is 0 Å². The standard InChI is InChI=1S/C10H20O2.C7H12.C2H6/c1-8(2)5-4-6-9(3)7-10(11)12;1-7-5-3-2-4-6-7;1-2/h8-9H,4-7H2,1-3H3,(H,11,12);5H,2-4,6H2,1H3;1-2H3. The first-order valence-corrected chi connectivity index (χ1v) is 8.79. The van der Waals surface area contributed by atoms with Crippen molar-refractivity contribution >= 4 is 5.97 Å².